The summed E-state index contributed by atoms with van der Waals surface area (Å²) in [6.45, 7) is 10.5. The molecule has 0 bridgehead atoms. The van der Waals surface area contributed by atoms with Crippen molar-refractivity contribution in [1.29, 1.82) is 0 Å². The summed E-state index contributed by atoms with van der Waals surface area (Å²) in [5.41, 5.74) is -0.330. The van der Waals surface area contributed by atoms with Gasteiger partial charge in [0.25, 0.3) is 0 Å². The molecule has 13 heavy (non-hydrogen) atoms. The van der Waals surface area contributed by atoms with Crippen LogP contribution in [0.25, 0.3) is 0 Å². The van der Waals surface area contributed by atoms with Gasteiger partial charge in [-0.1, -0.05) is 34.6 Å². The molecule has 0 radical (unpaired) electrons. The number of Topliss-reactive ketones (excluding diaryl/α,β-unsaturated/α-hetero) is 1. The van der Waals surface area contributed by atoms with Crippen LogP contribution in [0.3, 0.4) is 0 Å². The van der Waals surface area contributed by atoms with Gasteiger partial charge in [-0.3, -0.25) is 4.79 Å². The lowest BCUT2D eigenvalue weighted by atomic mass is 9.73. The van der Waals surface area contributed by atoms with E-state index >= 15 is 0 Å². The Labute approximate surface area is 81.7 Å². The Kier molecular flexibility index (Phi) is 4.62. The van der Waals surface area contributed by atoms with Crippen LogP contribution in [-0.2, 0) is 9.53 Å². The molecule has 0 spiro atoms. The number of methoxy groups -OCH3 is 1. The molecule has 0 heterocycles. The van der Waals surface area contributed by atoms with Crippen LogP contribution in [0.1, 0.15) is 34.6 Å². The summed E-state index contributed by atoms with van der Waals surface area (Å²) >= 11 is 0. The Hall–Kier alpha value is -0.370. The normalized spacial score (nSPS) is 16.3. The zero-order valence-corrected chi connectivity index (χ0v) is 9.68. The Balaban J connectivity index is 4.68. The lowest BCUT2D eigenvalue weighted by Gasteiger charge is -2.32. The molecular formula is C11H22O2. The second kappa shape index (κ2) is 4.75. The number of ether oxygens (including phenoxy) is 1. The van der Waals surface area contributed by atoms with E-state index < -0.39 is 0 Å². The summed E-state index contributed by atoms with van der Waals surface area (Å²) in [7, 11) is 1.65. The Bertz CT molecular complexity index is 173. The van der Waals surface area contributed by atoms with Gasteiger partial charge in [0, 0.05) is 13.0 Å². The van der Waals surface area contributed by atoms with Gasteiger partial charge in [-0.25, -0.2) is 0 Å². The zero-order chi connectivity index (χ0) is 10.6. The largest absolute Gasteiger partial charge is 0.384 e. The van der Waals surface area contributed by atoms with Crippen molar-refractivity contribution in [2.75, 3.05) is 13.7 Å². The first-order valence-electron chi connectivity index (χ1n) is 4.89. The van der Waals surface area contributed by atoms with Crippen LogP contribution in [0.15, 0.2) is 0 Å². The number of carbonyl (C=O) groups excluding carboxylic acids is 1. The molecule has 0 aliphatic heterocycles. The van der Waals surface area contributed by atoms with Crippen molar-refractivity contribution in [2.45, 2.75) is 34.6 Å². The highest BCUT2D eigenvalue weighted by atomic mass is 16.5. The van der Waals surface area contributed by atoms with E-state index in [9.17, 15) is 4.79 Å². The van der Waals surface area contributed by atoms with Crippen molar-refractivity contribution >= 4 is 5.78 Å². The number of rotatable bonds is 5. The lowest BCUT2D eigenvalue weighted by Crippen LogP contribution is -2.40. The van der Waals surface area contributed by atoms with Crippen LogP contribution in [0.2, 0.25) is 0 Å². The minimum atomic E-state index is -0.330. The lowest BCUT2D eigenvalue weighted by molar-refractivity contribution is -0.137. The van der Waals surface area contributed by atoms with E-state index in [0.717, 1.165) is 0 Å². The summed E-state index contributed by atoms with van der Waals surface area (Å²) in [5.74, 6) is 0.703. The molecule has 0 N–H and O–H groups in total. The monoisotopic (exact) mass is 186 g/mol. The fourth-order valence-electron chi connectivity index (χ4n) is 1.48. The van der Waals surface area contributed by atoms with Crippen molar-refractivity contribution < 1.29 is 9.53 Å². The van der Waals surface area contributed by atoms with Gasteiger partial charge in [-0.05, 0) is 5.92 Å². The molecule has 0 amide bonds. The van der Waals surface area contributed by atoms with Gasteiger partial charge in [-0.15, -0.1) is 0 Å². The average Bonchev–Trinajstić information content (AvgIpc) is 2.02. The summed E-state index contributed by atoms with van der Waals surface area (Å²) in [6, 6.07) is 0. The minimum absolute atomic E-state index is 0.0857. The molecule has 0 saturated carbocycles. The predicted molar refractivity (Wildman–Crippen MR) is 54.7 cm³/mol. The van der Waals surface area contributed by atoms with E-state index in [1.54, 1.807) is 7.11 Å². The first-order valence-corrected chi connectivity index (χ1v) is 4.89. The summed E-state index contributed by atoms with van der Waals surface area (Å²) in [5, 5.41) is 0. The molecule has 78 valence electrons. The number of hydrogen-bond donors (Lipinski definition) is 0. The van der Waals surface area contributed by atoms with Crippen molar-refractivity contribution in [3.63, 3.8) is 0 Å². The van der Waals surface area contributed by atoms with Gasteiger partial charge < -0.3 is 4.74 Å². The van der Waals surface area contributed by atoms with Gasteiger partial charge in [0.2, 0.25) is 0 Å². The fraction of sp³-hybridized carbons (Fsp3) is 0.909. The molecule has 2 heteroatoms. The van der Waals surface area contributed by atoms with E-state index in [2.05, 4.69) is 13.8 Å². The molecule has 0 aliphatic rings. The van der Waals surface area contributed by atoms with Gasteiger partial charge in [0.05, 0.1) is 12.0 Å². The van der Waals surface area contributed by atoms with Crippen LogP contribution in [0, 0.1) is 17.3 Å². The smallest absolute Gasteiger partial charge is 0.143 e. The van der Waals surface area contributed by atoms with Crippen LogP contribution < -0.4 is 0 Å². The molecule has 1 unspecified atom stereocenters. The summed E-state index contributed by atoms with van der Waals surface area (Å²) in [6.07, 6.45) is 0. The Morgan fingerprint density at radius 3 is 2.00 bits per heavy atom. The number of ketones is 1. The van der Waals surface area contributed by atoms with Crippen molar-refractivity contribution in [2.24, 2.45) is 17.3 Å². The van der Waals surface area contributed by atoms with Crippen LogP contribution >= 0.6 is 0 Å². The number of carbonyl (C=O) groups is 1. The molecule has 0 saturated heterocycles. The Morgan fingerprint density at radius 1 is 1.31 bits per heavy atom. The maximum atomic E-state index is 11.9. The van der Waals surface area contributed by atoms with E-state index in [1.807, 2.05) is 20.8 Å². The van der Waals surface area contributed by atoms with Gasteiger partial charge in [0.15, 0.2) is 0 Å². The van der Waals surface area contributed by atoms with Crippen molar-refractivity contribution in [3.8, 4) is 0 Å². The molecule has 0 aromatic rings. The standard InChI is InChI=1S/C11H22O2/c1-8(2)10(12)11(5,7-13-6)9(3)4/h8-9H,7H2,1-6H3. The minimum Gasteiger partial charge on any atom is -0.384 e. The molecule has 2 nitrogen and oxygen atoms in total. The summed E-state index contributed by atoms with van der Waals surface area (Å²) < 4.78 is 5.12. The highest BCUT2D eigenvalue weighted by molar-refractivity contribution is 5.86. The molecular weight excluding hydrogens is 164 g/mol. The molecule has 0 aliphatic carbocycles. The van der Waals surface area contributed by atoms with Crippen molar-refractivity contribution in [1.82, 2.24) is 0 Å². The van der Waals surface area contributed by atoms with Gasteiger partial charge in [0.1, 0.15) is 5.78 Å². The SMILES string of the molecule is COCC(C)(C(=O)C(C)C)C(C)C. The molecule has 0 fully saturated rings. The predicted octanol–water partition coefficient (Wildman–Crippen LogP) is 2.52. The summed E-state index contributed by atoms with van der Waals surface area (Å²) in [4.78, 5) is 11.9. The van der Waals surface area contributed by atoms with E-state index in [0.29, 0.717) is 18.3 Å². The highest BCUT2D eigenvalue weighted by Gasteiger charge is 2.37. The van der Waals surface area contributed by atoms with Crippen LogP contribution in [0.5, 0.6) is 0 Å². The third-order valence-corrected chi connectivity index (χ3v) is 2.81. The van der Waals surface area contributed by atoms with Crippen LogP contribution in [0.4, 0.5) is 0 Å². The number of hydrogen-bond acceptors (Lipinski definition) is 2. The third-order valence-electron chi connectivity index (χ3n) is 2.81. The average molecular weight is 186 g/mol. The zero-order valence-electron chi connectivity index (χ0n) is 9.68. The second-order valence-corrected chi connectivity index (χ2v) is 4.52. The fourth-order valence-corrected chi connectivity index (χ4v) is 1.48. The molecule has 1 atom stereocenters. The molecule has 0 aromatic carbocycles. The topological polar surface area (TPSA) is 26.3 Å². The maximum absolute atomic E-state index is 11.9. The van der Waals surface area contributed by atoms with Gasteiger partial charge in [-0.2, -0.15) is 0 Å². The van der Waals surface area contributed by atoms with Gasteiger partial charge >= 0.3 is 0 Å². The van der Waals surface area contributed by atoms with Crippen LogP contribution in [-0.4, -0.2) is 19.5 Å². The highest BCUT2D eigenvalue weighted by Crippen LogP contribution is 2.31. The first-order chi connectivity index (χ1) is 5.86. The van der Waals surface area contributed by atoms with E-state index in [-0.39, 0.29) is 11.3 Å². The molecule has 0 aromatic heterocycles. The first kappa shape index (κ1) is 12.6. The third kappa shape index (κ3) is 2.80. The Morgan fingerprint density at radius 2 is 1.77 bits per heavy atom. The second-order valence-electron chi connectivity index (χ2n) is 4.52. The maximum Gasteiger partial charge on any atom is 0.143 e. The van der Waals surface area contributed by atoms with E-state index in [1.165, 1.54) is 0 Å². The molecule has 0 rings (SSSR count). The van der Waals surface area contributed by atoms with E-state index in [4.69, 9.17) is 4.74 Å². The van der Waals surface area contributed by atoms with Crippen molar-refractivity contribution in [3.05, 3.63) is 0 Å². The quantitative estimate of drug-likeness (QED) is 0.659.